The second-order valence-electron chi connectivity index (χ2n) is 3.30. The van der Waals surface area contributed by atoms with Crippen molar-refractivity contribution in [1.29, 1.82) is 10.8 Å². The Morgan fingerprint density at radius 3 is 0.944 bits per heavy atom. The number of hydrogen-bond acceptors (Lipinski definition) is 4. The third-order valence-electron chi connectivity index (χ3n) is 2.43. The Balaban J connectivity index is 0.000000234. The van der Waals surface area contributed by atoms with E-state index in [-0.39, 0.29) is 0 Å². The Kier molecular flexibility index (Phi) is 4.95. The molecule has 0 spiro atoms. The van der Waals surface area contributed by atoms with Crippen molar-refractivity contribution >= 4 is 12.2 Å². The molecule has 0 aliphatic heterocycles. The molecule has 2 N–H and O–H groups in total. The van der Waals surface area contributed by atoms with E-state index >= 15 is 0 Å². The summed E-state index contributed by atoms with van der Waals surface area (Å²) >= 11 is 0. The molecule has 0 saturated heterocycles. The summed E-state index contributed by atoms with van der Waals surface area (Å²) in [6, 6.07) is 17.1. The van der Waals surface area contributed by atoms with Crippen LogP contribution in [0.15, 0.2) is 48.5 Å². The second-order valence-corrected chi connectivity index (χ2v) is 3.30. The van der Waals surface area contributed by atoms with Crippen LogP contribution in [0.3, 0.4) is 0 Å². The SMILES string of the molecule is N=C=O.N=C=O.c1ccc2c(c1)-c1ccccc1-2. The van der Waals surface area contributed by atoms with Crippen LogP contribution in [0.5, 0.6) is 0 Å². The summed E-state index contributed by atoms with van der Waals surface area (Å²) < 4.78 is 0. The molecule has 0 aromatic heterocycles. The van der Waals surface area contributed by atoms with Crippen LogP contribution in [-0.2, 0) is 9.59 Å². The third-order valence-corrected chi connectivity index (χ3v) is 2.43. The van der Waals surface area contributed by atoms with E-state index in [4.69, 9.17) is 20.4 Å². The van der Waals surface area contributed by atoms with Crippen molar-refractivity contribution in [2.45, 2.75) is 0 Å². The summed E-state index contributed by atoms with van der Waals surface area (Å²) in [6.45, 7) is 0. The standard InChI is InChI=1S/C12H8.2CHNO/c1-2-6-10-9(5-1)11-7-3-4-8-12(10)11;2*2-1-3/h1-8H;2*2H. The average molecular weight is 238 g/mol. The lowest BCUT2D eigenvalue weighted by Gasteiger charge is -2.22. The van der Waals surface area contributed by atoms with Crippen LogP contribution in [0.4, 0.5) is 0 Å². The lowest BCUT2D eigenvalue weighted by molar-refractivity contribution is 0.562. The number of rotatable bonds is 0. The molecule has 88 valence electrons. The lowest BCUT2D eigenvalue weighted by atomic mass is 9.81. The average Bonchev–Trinajstić information content (AvgIpc) is 2.38. The van der Waals surface area contributed by atoms with E-state index in [0.717, 1.165) is 12.2 Å². The minimum absolute atomic E-state index is 0.750. The normalized spacial score (nSPS) is 8.44. The third kappa shape index (κ3) is 2.66. The fourth-order valence-electron chi connectivity index (χ4n) is 1.84. The molecular formula is C14H10N2O2. The Morgan fingerprint density at radius 2 is 0.778 bits per heavy atom. The van der Waals surface area contributed by atoms with Crippen molar-refractivity contribution in [2.75, 3.05) is 0 Å². The van der Waals surface area contributed by atoms with Crippen molar-refractivity contribution in [3.05, 3.63) is 48.5 Å². The van der Waals surface area contributed by atoms with E-state index in [1.807, 2.05) is 0 Å². The van der Waals surface area contributed by atoms with Crippen molar-refractivity contribution < 1.29 is 9.59 Å². The minimum Gasteiger partial charge on any atom is -0.222 e. The van der Waals surface area contributed by atoms with E-state index in [1.165, 1.54) is 22.3 Å². The van der Waals surface area contributed by atoms with Crippen LogP contribution >= 0.6 is 0 Å². The second kappa shape index (κ2) is 6.71. The molecule has 0 bridgehead atoms. The number of nitrogens with one attached hydrogen (secondary N) is 2. The highest BCUT2D eigenvalue weighted by molar-refractivity contribution is 6.02. The molecule has 2 aromatic rings. The zero-order valence-electron chi connectivity index (χ0n) is 9.44. The zero-order valence-corrected chi connectivity index (χ0v) is 9.44. The van der Waals surface area contributed by atoms with Crippen LogP contribution in [-0.4, -0.2) is 12.2 Å². The van der Waals surface area contributed by atoms with Gasteiger partial charge in [0.15, 0.2) is 0 Å². The van der Waals surface area contributed by atoms with Gasteiger partial charge in [0.05, 0.1) is 0 Å². The Labute approximate surface area is 104 Å². The minimum atomic E-state index is 0.750. The molecule has 4 heteroatoms. The van der Waals surface area contributed by atoms with Gasteiger partial charge in [-0.2, -0.15) is 0 Å². The molecule has 0 atom stereocenters. The van der Waals surface area contributed by atoms with Crippen molar-refractivity contribution in [3.63, 3.8) is 0 Å². The fourth-order valence-corrected chi connectivity index (χ4v) is 1.84. The molecule has 0 unspecified atom stereocenters. The van der Waals surface area contributed by atoms with Crippen LogP contribution in [0.2, 0.25) is 0 Å². The van der Waals surface area contributed by atoms with E-state index < -0.39 is 0 Å². The molecule has 0 fully saturated rings. The van der Waals surface area contributed by atoms with Crippen LogP contribution in [0.25, 0.3) is 22.3 Å². The van der Waals surface area contributed by atoms with E-state index in [2.05, 4.69) is 48.5 Å². The van der Waals surface area contributed by atoms with Gasteiger partial charge >= 0.3 is 0 Å². The molecule has 3 rings (SSSR count). The monoisotopic (exact) mass is 238 g/mol. The predicted octanol–water partition coefficient (Wildman–Crippen LogP) is 3.14. The molecule has 0 saturated carbocycles. The Morgan fingerprint density at radius 1 is 0.611 bits per heavy atom. The summed E-state index contributed by atoms with van der Waals surface area (Å²) in [5.74, 6) is 0. The molecule has 4 nitrogen and oxygen atoms in total. The smallest absolute Gasteiger partial charge is 0.222 e. The van der Waals surface area contributed by atoms with Gasteiger partial charge < -0.3 is 0 Å². The van der Waals surface area contributed by atoms with Crippen LogP contribution < -0.4 is 0 Å². The van der Waals surface area contributed by atoms with Gasteiger partial charge in [0.25, 0.3) is 0 Å². The van der Waals surface area contributed by atoms with Gasteiger partial charge in [-0.25, -0.2) is 20.4 Å². The molecule has 1 aliphatic carbocycles. The molecule has 0 amide bonds. The van der Waals surface area contributed by atoms with E-state index in [1.54, 1.807) is 0 Å². The van der Waals surface area contributed by atoms with Crippen molar-refractivity contribution in [3.8, 4) is 22.3 Å². The molecule has 2 aromatic carbocycles. The lowest BCUT2D eigenvalue weighted by Crippen LogP contribution is -1.96. The first kappa shape index (κ1) is 13.3. The highest BCUT2D eigenvalue weighted by Gasteiger charge is 2.19. The first-order valence-electron chi connectivity index (χ1n) is 5.06. The van der Waals surface area contributed by atoms with Gasteiger partial charge in [-0.3, -0.25) is 0 Å². The summed E-state index contributed by atoms with van der Waals surface area (Å²) in [5, 5.41) is 10.8. The zero-order chi connectivity index (χ0) is 13.4. The van der Waals surface area contributed by atoms with Gasteiger partial charge in [0.1, 0.15) is 0 Å². The molecule has 0 heterocycles. The van der Waals surface area contributed by atoms with Gasteiger partial charge in [-0.15, -0.1) is 0 Å². The summed E-state index contributed by atoms with van der Waals surface area (Å²) in [7, 11) is 0. The van der Waals surface area contributed by atoms with Crippen molar-refractivity contribution in [1.82, 2.24) is 0 Å². The van der Waals surface area contributed by atoms with E-state index in [9.17, 15) is 0 Å². The Bertz CT molecular complexity index is 497. The maximum atomic E-state index is 8.35. The van der Waals surface area contributed by atoms with Gasteiger partial charge in [0.2, 0.25) is 12.2 Å². The first-order chi connectivity index (χ1) is 8.79. The first-order valence-corrected chi connectivity index (χ1v) is 5.06. The molecule has 18 heavy (non-hydrogen) atoms. The summed E-state index contributed by atoms with van der Waals surface area (Å²) in [4.78, 5) is 16.7. The van der Waals surface area contributed by atoms with Crippen LogP contribution in [0, 0.1) is 10.8 Å². The molecular weight excluding hydrogens is 228 g/mol. The Hall–Kier alpha value is -2.80. The number of hydrogen-bond donors (Lipinski definition) is 2. The maximum Gasteiger partial charge on any atom is 0.231 e. The van der Waals surface area contributed by atoms with E-state index in [0.29, 0.717) is 0 Å². The predicted molar refractivity (Wildman–Crippen MR) is 67.7 cm³/mol. The molecule has 1 aliphatic rings. The number of benzene rings is 2. The van der Waals surface area contributed by atoms with Crippen molar-refractivity contribution in [2.24, 2.45) is 0 Å². The quantitative estimate of drug-likeness (QED) is 0.466. The highest BCUT2D eigenvalue weighted by atomic mass is 16.1. The number of carbonyl (C=O) groups excluding carboxylic acids is 2. The van der Waals surface area contributed by atoms with Gasteiger partial charge in [-0.05, 0) is 22.3 Å². The summed E-state index contributed by atoms with van der Waals surface area (Å²) in [6.07, 6.45) is 1.50. The maximum absolute atomic E-state index is 8.35. The largest absolute Gasteiger partial charge is 0.231 e. The van der Waals surface area contributed by atoms with Crippen LogP contribution in [0.1, 0.15) is 0 Å². The van der Waals surface area contributed by atoms with Gasteiger partial charge in [-0.1, -0.05) is 48.5 Å². The number of fused-ring (bicyclic) bond motifs is 4. The van der Waals surface area contributed by atoms with Gasteiger partial charge in [0, 0.05) is 0 Å². The number of isocyanates is 2. The fraction of sp³-hybridized carbons (Fsp3) is 0. The highest BCUT2D eigenvalue weighted by Crippen LogP contribution is 2.46. The summed E-state index contributed by atoms with van der Waals surface area (Å²) in [5.41, 5.74) is 5.59. The topological polar surface area (TPSA) is 81.8 Å². The molecule has 0 radical (unpaired) electrons.